The van der Waals surface area contributed by atoms with Crippen LogP contribution in [0.1, 0.15) is 32.1 Å². The third-order valence-electron chi connectivity index (χ3n) is 4.74. The van der Waals surface area contributed by atoms with Gasteiger partial charge < -0.3 is 4.74 Å². The van der Waals surface area contributed by atoms with Crippen LogP contribution in [0, 0.1) is 0 Å². The molecule has 1 atom stereocenters. The topological polar surface area (TPSA) is 84.7 Å². The molecule has 1 unspecified atom stereocenters. The molecule has 0 radical (unpaired) electrons. The minimum atomic E-state index is -2.96. The number of nitrogens with two attached hydrogens (primary N) is 1. The number of ether oxygens (including phenoxy) is 1. The van der Waals surface area contributed by atoms with Gasteiger partial charge in [0.25, 0.3) is 0 Å². The quantitative estimate of drug-likeness (QED) is 0.526. The van der Waals surface area contributed by atoms with Gasteiger partial charge >= 0.3 is 0 Å². The predicted molar refractivity (Wildman–Crippen MR) is 79.0 cm³/mol. The SMILES string of the molecule is CS(=O)(=O)CCC(NN)C1(N2CCOCC2)CCCC1. The van der Waals surface area contributed by atoms with Gasteiger partial charge in [-0.05, 0) is 19.3 Å². The Bertz CT molecular complexity index is 401. The molecule has 1 heterocycles. The third kappa shape index (κ3) is 3.71. The first-order chi connectivity index (χ1) is 9.48. The fourth-order valence-corrected chi connectivity index (χ4v) is 4.38. The van der Waals surface area contributed by atoms with E-state index in [2.05, 4.69) is 10.3 Å². The molecule has 0 bridgehead atoms. The maximum atomic E-state index is 11.4. The Kier molecular flexibility index (Phi) is 5.42. The molecule has 0 aromatic rings. The maximum Gasteiger partial charge on any atom is 0.147 e. The molecule has 1 saturated heterocycles. The fraction of sp³-hybridized carbons (Fsp3) is 1.00. The van der Waals surface area contributed by atoms with E-state index in [0.29, 0.717) is 6.42 Å². The van der Waals surface area contributed by atoms with Gasteiger partial charge in [-0.2, -0.15) is 0 Å². The van der Waals surface area contributed by atoms with Gasteiger partial charge in [-0.25, -0.2) is 8.42 Å². The molecule has 1 aliphatic carbocycles. The van der Waals surface area contributed by atoms with Gasteiger partial charge in [0, 0.05) is 30.9 Å². The van der Waals surface area contributed by atoms with Crippen molar-refractivity contribution in [2.24, 2.45) is 5.84 Å². The van der Waals surface area contributed by atoms with Crippen LogP contribution in [0.5, 0.6) is 0 Å². The van der Waals surface area contributed by atoms with Crippen molar-refractivity contribution in [2.45, 2.75) is 43.7 Å². The van der Waals surface area contributed by atoms with Crippen molar-refractivity contribution in [3.63, 3.8) is 0 Å². The lowest BCUT2D eigenvalue weighted by Crippen LogP contribution is -2.63. The van der Waals surface area contributed by atoms with E-state index in [4.69, 9.17) is 10.6 Å². The summed E-state index contributed by atoms with van der Waals surface area (Å²) in [6, 6.07) is 0.0258. The van der Waals surface area contributed by atoms with Crippen LogP contribution < -0.4 is 11.3 Å². The zero-order chi connectivity index (χ0) is 14.6. The maximum absolute atomic E-state index is 11.4. The zero-order valence-corrected chi connectivity index (χ0v) is 13.1. The van der Waals surface area contributed by atoms with Crippen LogP contribution in [-0.4, -0.2) is 63.2 Å². The van der Waals surface area contributed by atoms with Gasteiger partial charge in [0.1, 0.15) is 9.84 Å². The van der Waals surface area contributed by atoms with E-state index in [1.165, 1.54) is 19.1 Å². The number of hydrogen-bond acceptors (Lipinski definition) is 6. The number of rotatable bonds is 6. The van der Waals surface area contributed by atoms with Crippen molar-refractivity contribution < 1.29 is 13.2 Å². The molecule has 0 amide bonds. The van der Waals surface area contributed by atoms with Crippen molar-refractivity contribution in [2.75, 3.05) is 38.3 Å². The molecule has 1 aliphatic heterocycles. The van der Waals surface area contributed by atoms with E-state index in [9.17, 15) is 8.42 Å². The minimum absolute atomic E-state index is 0.00319. The first-order valence-electron chi connectivity index (χ1n) is 7.45. The molecule has 20 heavy (non-hydrogen) atoms. The third-order valence-corrected chi connectivity index (χ3v) is 5.71. The van der Waals surface area contributed by atoms with E-state index in [1.807, 2.05) is 0 Å². The Morgan fingerprint density at radius 2 is 1.90 bits per heavy atom. The number of morpholine rings is 1. The molecule has 2 rings (SSSR count). The average molecular weight is 305 g/mol. The molecule has 0 aromatic heterocycles. The number of hydrazine groups is 1. The Balaban J connectivity index is 2.11. The van der Waals surface area contributed by atoms with E-state index >= 15 is 0 Å². The number of nitrogens with zero attached hydrogens (tertiary/aromatic N) is 1. The Morgan fingerprint density at radius 1 is 1.30 bits per heavy atom. The van der Waals surface area contributed by atoms with Crippen molar-refractivity contribution in [1.82, 2.24) is 10.3 Å². The largest absolute Gasteiger partial charge is 0.379 e. The van der Waals surface area contributed by atoms with Gasteiger partial charge in [-0.15, -0.1) is 0 Å². The van der Waals surface area contributed by atoms with Crippen molar-refractivity contribution in [3.8, 4) is 0 Å². The van der Waals surface area contributed by atoms with Crippen LogP contribution in [0.25, 0.3) is 0 Å². The first kappa shape index (κ1) is 16.2. The zero-order valence-electron chi connectivity index (χ0n) is 12.3. The van der Waals surface area contributed by atoms with E-state index in [1.54, 1.807) is 0 Å². The van der Waals surface area contributed by atoms with Crippen LogP contribution in [0.4, 0.5) is 0 Å². The Labute approximate surface area is 121 Å². The lowest BCUT2D eigenvalue weighted by molar-refractivity contribution is -0.0361. The molecule has 7 heteroatoms. The predicted octanol–water partition coefficient (Wildman–Crippen LogP) is -0.102. The smallest absolute Gasteiger partial charge is 0.147 e. The highest BCUT2D eigenvalue weighted by molar-refractivity contribution is 7.90. The second kappa shape index (κ2) is 6.70. The summed E-state index contributed by atoms with van der Waals surface area (Å²) >= 11 is 0. The monoisotopic (exact) mass is 305 g/mol. The highest BCUT2D eigenvalue weighted by atomic mass is 32.2. The summed E-state index contributed by atoms with van der Waals surface area (Å²) in [6.45, 7) is 3.34. The first-order valence-corrected chi connectivity index (χ1v) is 9.51. The number of nitrogens with one attached hydrogen (secondary N) is 1. The van der Waals surface area contributed by atoms with Gasteiger partial charge in [-0.1, -0.05) is 12.8 Å². The second-order valence-electron chi connectivity index (χ2n) is 6.05. The molecule has 1 saturated carbocycles. The molecule has 118 valence electrons. The summed E-state index contributed by atoms with van der Waals surface area (Å²) in [5, 5.41) is 0. The van der Waals surface area contributed by atoms with E-state index < -0.39 is 9.84 Å². The van der Waals surface area contributed by atoms with Gasteiger partial charge in [0.2, 0.25) is 0 Å². The summed E-state index contributed by atoms with van der Waals surface area (Å²) < 4.78 is 28.3. The molecule has 0 aromatic carbocycles. The standard InChI is InChI=1S/C13H27N3O3S/c1-20(17,18)11-4-12(15-14)13(5-2-3-6-13)16-7-9-19-10-8-16/h12,15H,2-11,14H2,1H3. The molecule has 2 aliphatic rings. The van der Waals surface area contributed by atoms with Crippen LogP contribution in [0.3, 0.4) is 0 Å². The molecular formula is C13H27N3O3S. The minimum Gasteiger partial charge on any atom is -0.379 e. The Hall–Kier alpha value is -0.210. The summed E-state index contributed by atoms with van der Waals surface area (Å²) in [7, 11) is -2.96. The molecule has 0 spiro atoms. The number of hydrogen-bond donors (Lipinski definition) is 2. The lowest BCUT2D eigenvalue weighted by Gasteiger charge is -2.48. The summed E-state index contributed by atoms with van der Waals surface area (Å²) in [4.78, 5) is 2.47. The lowest BCUT2D eigenvalue weighted by atomic mass is 9.84. The van der Waals surface area contributed by atoms with Crippen LogP contribution in [0.15, 0.2) is 0 Å². The van der Waals surface area contributed by atoms with Crippen LogP contribution in [0.2, 0.25) is 0 Å². The van der Waals surface area contributed by atoms with Crippen LogP contribution >= 0.6 is 0 Å². The van der Waals surface area contributed by atoms with E-state index in [-0.39, 0.29) is 17.3 Å². The summed E-state index contributed by atoms with van der Waals surface area (Å²) in [5.41, 5.74) is 2.91. The summed E-state index contributed by atoms with van der Waals surface area (Å²) in [6.07, 6.45) is 6.42. The van der Waals surface area contributed by atoms with Gasteiger partial charge in [-0.3, -0.25) is 16.2 Å². The van der Waals surface area contributed by atoms with Gasteiger partial charge in [0.05, 0.1) is 19.0 Å². The molecular weight excluding hydrogens is 278 g/mol. The normalized spacial score (nSPS) is 25.7. The summed E-state index contributed by atoms with van der Waals surface area (Å²) in [5.74, 6) is 5.96. The van der Waals surface area contributed by atoms with Crippen molar-refractivity contribution >= 4 is 9.84 Å². The highest BCUT2D eigenvalue weighted by Gasteiger charge is 2.45. The van der Waals surface area contributed by atoms with Crippen molar-refractivity contribution in [3.05, 3.63) is 0 Å². The van der Waals surface area contributed by atoms with Crippen LogP contribution in [-0.2, 0) is 14.6 Å². The fourth-order valence-electron chi connectivity index (χ4n) is 3.72. The van der Waals surface area contributed by atoms with Crippen molar-refractivity contribution in [1.29, 1.82) is 0 Å². The highest BCUT2D eigenvalue weighted by Crippen LogP contribution is 2.39. The number of sulfone groups is 1. The molecule has 2 fully saturated rings. The second-order valence-corrected chi connectivity index (χ2v) is 8.31. The average Bonchev–Trinajstić information content (AvgIpc) is 2.90. The Morgan fingerprint density at radius 3 is 2.40 bits per heavy atom. The molecule has 3 N–H and O–H groups in total. The molecule has 6 nitrogen and oxygen atoms in total. The van der Waals surface area contributed by atoms with Gasteiger partial charge in [0.15, 0.2) is 0 Å². The van der Waals surface area contributed by atoms with E-state index in [0.717, 1.165) is 39.1 Å².